The Labute approximate surface area is 118 Å². The number of rotatable bonds is 6. The third kappa shape index (κ3) is 4.95. The molecule has 3 N–H and O–H groups in total. The van der Waals surface area contributed by atoms with E-state index in [-0.39, 0.29) is 22.8 Å². The fraction of sp³-hybridized carbons (Fsp3) is 0.429. The highest BCUT2D eigenvalue weighted by Gasteiger charge is 2.15. The lowest BCUT2D eigenvalue weighted by Gasteiger charge is -2.11. The summed E-state index contributed by atoms with van der Waals surface area (Å²) in [6, 6.07) is 5.77. The van der Waals surface area contributed by atoms with Crippen molar-refractivity contribution in [1.82, 2.24) is 0 Å². The molecule has 0 saturated carbocycles. The summed E-state index contributed by atoms with van der Waals surface area (Å²) in [6.45, 7) is 5.90. The summed E-state index contributed by atoms with van der Waals surface area (Å²) in [6.07, 6.45) is 0.636. The van der Waals surface area contributed by atoms with E-state index in [1.165, 1.54) is 17.3 Å². The zero-order valence-corrected chi connectivity index (χ0v) is 12.3. The Balaban J connectivity index is 2.51. The van der Waals surface area contributed by atoms with Crippen molar-refractivity contribution in [2.45, 2.75) is 32.4 Å². The number of benzene rings is 1. The Kier molecular flexibility index (Phi) is 5.89. The van der Waals surface area contributed by atoms with Gasteiger partial charge in [0.25, 0.3) is 0 Å². The average molecular weight is 280 g/mol. The predicted molar refractivity (Wildman–Crippen MR) is 80.3 cm³/mol. The number of amides is 2. The van der Waals surface area contributed by atoms with Crippen LogP contribution in [-0.4, -0.2) is 22.8 Å². The first-order valence-corrected chi connectivity index (χ1v) is 7.27. The minimum atomic E-state index is -0.369. The Hall–Kier alpha value is -1.49. The van der Waals surface area contributed by atoms with Crippen LogP contribution in [0.5, 0.6) is 0 Å². The number of hydrogen-bond acceptors (Lipinski definition) is 3. The number of carbonyl (C=O) groups is 2. The second-order valence-electron chi connectivity index (χ2n) is 4.46. The van der Waals surface area contributed by atoms with E-state index < -0.39 is 0 Å². The largest absolute Gasteiger partial charge is 0.369 e. The van der Waals surface area contributed by atoms with E-state index in [0.717, 1.165) is 11.3 Å². The first-order chi connectivity index (χ1) is 8.93. The molecule has 0 spiro atoms. The van der Waals surface area contributed by atoms with Crippen molar-refractivity contribution in [2.75, 3.05) is 11.1 Å². The third-order valence-corrected chi connectivity index (χ3v) is 4.29. The van der Waals surface area contributed by atoms with Gasteiger partial charge in [0.15, 0.2) is 0 Å². The molecule has 1 aromatic carbocycles. The summed E-state index contributed by atoms with van der Waals surface area (Å²) in [7, 11) is 0. The molecular weight excluding hydrogens is 260 g/mol. The van der Waals surface area contributed by atoms with E-state index in [1.807, 2.05) is 39.0 Å². The van der Waals surface area contributed by atoms with Gasteiger partial charge in [0.1, 0.15) is 0 Å². The topological polar surface area (TPSA) is 72.2 Å². The van der Waals surface area contributed by atoms with E-state index in [4.69, 9.17) is 5.73 Å². The molecule has 104 valence electrons. The molecule has 0 aliphatic rings. The highest BCUT2D eigenvalue weighted by atomic mass is 32.2. The lowest BCUT2D eigenvalue weighted by molar-refractivity contribution is -0.117. The van der Waals surface area contributed by atoms with Gasteiger partial charge in [-0.3, -0.25) is 9.59 Å². The molecule has 2 amide bonds. The van der Waals surface area contributed by atoms with Crippen molar-refractivity contribution in [3.8, 4) is 0 Å². The third-order valence-electron chi connectivity index (χ3n) is 2.89. The van der Waals surface area contributed by atoms with Gasteiger partial charge in [0, 0.05) is 5.69 Å². The number of nitrogens with one attached hydrogen (secondary N) is 1. The minimum absolute atomic E-state index is 0.118. The van der Waals surface area contributed by atoms with Crippen LogP contribution in [-0.2, 0) is 9.59 Å². The number of primary amides is 1. The summed E-state index contributed by atoms with van der Waals surface area (Å²) in [5, 5.41) is 2.52. The van der Waals surface area contributed by atoms with Gasteiger partial charge in [-0.2, -0.15) is 0 Å². The van der Waals surface area contributed by atoms with Crippen LogP contribution in [0.15, 0.2) is 18.2 Å². The highest BCUT2D eigenvalue weighted by Crippen LogP contribution is 2.17. The standard InChI is InChI=1S/C14H20N2O2S/c1-4-12(14(15)18)19-8-13(17)16-11-6-5-9(2)10(3)7-11/h5-7,12H,4,8H2,1-3H3,(H2,15,18)(H,16,17). The monoisotopic (exact) mass is 280 g/mol. The maximum atomic E-state index is 11.8. The van der Waals surface area contributed by atoms with Gasteiger partial charge >= 0.3 is 0 Å². The Morgan fingerprint density at radius 3 is 2.53 bits per heavy atom. The molecule has 0 radical (unpaired) electrons. The lowest BCUT2D eigenvalue weighted by atomic mass is 10.1. The van der Waals surface area contributed by atoms with Gasteiger partial charge in [0.05, 0.1) is 11.0 Å². The van der Waals surface area contributed by atoms with E-state index in [1.54, 1.807) is 0 Å². The molecule has 0 aliphatic heterocycles. The fourth-order valence-electron chi connectivity index (χ4n) is 1.59. The van der Waals surface area contributed by atoms with Crippen LogP contribution in [0.25, 0.3) is 0 Å². The zero-order valence-electron chi connectivity index (χ0n) is 11.5. The maximum Gasteiger partial charge on any atom is 0.234 e. The zero-order chi connectivity index (χ0) is 14.4. The molecule has 0 fully saturated rings. The van der Waals surface area contributed by atoms with Crippen molar-refractivity contribution in [1.29, 1.82) is 0 Å². The van der Waals surface area contributed by atoms with Gasteiger partial charge < -0.3 is 11.1 Å². The second-order valence-corrected chi connectivity index (χ2v) is 5.65. The molecule has 5 heteroatoms. The molecule has 19 heavy (non-hydrogen) atoms. The lowest BCUT2D eigenvalue weighted by Crippen LogP contribution is -2.27. The van der Waals surface area contributed by atoms with Crippen molar-refractivity contribution >= 4 is 29.3 Å². The summed E-state index contributed by atoms with van der Waals surface area (Å²) in [4.78, 5) is 22.8. The minimum Gasteiger partial charge on any atom is -0.369 e. The Morgan fingerprint density at radius 1 is 1.32 bits per heavy atom. The van der Waals surface area contributed by atoms with Gasteiger partial charge in [-0.05, 0) is 43.5 Å². The Morgan fingerprint density at radius 2 is 2.00 bits per heavy atom. The molecule has 4 nitrogen and oxygen atoms in total. The van der Waals surface area contributed by atoms with Gasteiger partial charge in [0.2, 0.25) is 11.8 Å². The average Bonchev–Trinajstić information content (AvgIpc) is 2.34. The molecule has 1 aromatic rings. The van der Waals surface area contributed by atoms with Crippen LogP contribution >= 0.6 is 11.8 Å². The Bertz CT molecular complexity index is 475. The van der Waals surface area contributed by atoms with Gasteiger partial charge in [-0.15, -0.1) is 11.8 Å². The molecule has 1 rings (SSSR count). The van der Waals surface area contributed by atoms with E-state index in [0.29, 0.717) is 6.42 Å². The summed E-state index contributed by atoms with van der Waals surface area (Å²) < 4.78 is 0. The predicted octanol–water partition coefficient (Wildman–Crippen LogP) is 2.24. The smallest absolute Gasteiger partial charge is 0.234 e. The fourth-order valence-corrected chi connectivity index (χ4v) is 2.42. The van der Waals surface area contributed by atoms with Gasteiger partial charge in [-0.1, -0.05) is 13.0 Å². The molecule has 1 atom stereocenters. The van der Waals surface area contributed by atoms with Crippen molar-refractivity contribution in [2.24, 2.45) is 5.73 Å². The van der Waals surface area contributed by atoms with E-state index in [9.17, 15) is 9.59 Å². The summed E-state index contributed by atoms with van der Waals surface area (Å²) in [5.41, 5.74) is 8.33. The number of thioether (sulfide) groups is 1. The number of aryl methyl sites for hydroxylation is 2. The first-order valence-electron chi connectivity index (χ1n) is 6.22. The number of nitrogens with two attached hydrogens (primary N) is 1. The van der Waals surface area contributed by atoms with E-state index >= 15 is 0 Å². The van der Waals surface area contributed by atoms with Crippen molar-refractivity contribution in [3.05, 3.63) is 29.3 Å². The van der Waals surface area contributed by atoms with Crippen LogP contribution in [0, 0.1) is 13.8 Å². The molecule has 0 aromatic heterocycles. The highest BCUT2D eigenvalue weighted by molar-refractivity contribution is 8.01. The van der Waals surface area contributed by atoms with Gasteiger partial charge in [-0.25, -0.2) is 0 Å². The second kappa shape index (κ2) is 7.19. The number of hydrogen-bond donors (Lipinski definition) is 2. The summed E-state index contributed by atoms with van der Waals surface area (Å²) in [5.74, 6) is -0.256. The first kappa shape index (κ1) is 15.6. The van der Waals surface area contributed by atoms with Crippen LogP contribution in [0.3, 0.4) is 0 Å². The number of carbonyl (C=O) groups excluding carboxylic acids is 2. The molecule has 0 bridgehead atoms. The molecular formula is C14H20N2O2S. The van der Waals surface area contributed by atoms with Crippen molar-refractivity contribution < 1.29 is 9.59 Å². The van der Waals surface area contributed by atoms with Crippen molar-refractivity contribution in [3.63, 3.8) is 0 Å². The van der Waals surface area contributed by atoms with Crippen LogP contribution in [0.2, 0.25) is 0 Å². The molecule has 0 heterocycles. The van der Waals surface area contributed by atoms with Crippen LogP contribution in [0.4, 0.5) is 5.69 Å². The molecule has 1 unspecified atom stereocenters. The molecule has 0 aliphatic carbocycles. The quantitative estimate of drug-likeness (QED) is 0.839. The SMILES string of the molecule is CCC(SCC(=O)Nc1ccc(C)c(C)c1)C(N)=O. The van der Waals surface area contributed by atoms with Crippen LogP contribution < -0.4 is 11.1 Å². The summed E-state index contributed by atoms with van der Waals surface area (Å²) >= 11 is 1.28. The van der Waals surface area contributed by atoms with E-state index in [2.05, 4.69) is 5.32 Å². The van der Waals surface area contributed by atoms with Crippen LogP contribution in [0.1, 0.15) is 24.5 Å². The number of anilines is 1. The normalized spacial score (nSPS) is 11.9. The molecule has 0 saturated heterocycles. The maximum absolute atomic E-state index is 11.8.